The number of amides is 1. The summed E-state index contributed by atoms with van der Waals surface area (Å²) in [6.07, 6.45) is 0.607. The minimum Gasteiger partial charge on any atom is -0.396 e. The van der Waals surface area contributed by atoms with Crippen LogP contribution in [0.5, 0.6) is 0 Å². The summed E-state index contributed by atoms with van der Waals surface area (Å²) in [6.45, 7) is 1.32. The molecule has 0 radical (unpaired) electrons. The summed E-state index contributed by atoms with van der Waals surface area (Å²) < 4.78 is 65.3. The van der Waals surface area contributed by atoms with Crippen LogP contribution >= 0.6 is 0 Å². The summed E-state index contributed by atoms with van der Waals surface area (Å²) in [5, 5.41) is 10.7. The van der Waals surface area contributed by atoms with Gasteiger partial charge in [0.2, 0.25) is 5.82 Å². The van der Waals surface area contributed by atoms with Crippen LogP contribution in [0.4, 0.5) is 22.0 Å². The van der Waals surface area contributed by atoms with Crippen LogP contribution in [0.3, 0.4) is 0 Å². The Morgan fingerprint density at radius 2 is 1.50 bits per heavy atom. The van der Waals surface area contributed by atoms with E-state index in [1.807, 2.05) is 0 Å². The monoisotopic (exact) mass is 297 g/mol. The Bertz CT molecular complexity index is 492. The Kier molecular flexibility index (Phi) is 5.43. The second-order valence-electron chi connectivity index (χ2n) is 4.19. The molecular weight excluding hydrogens is 285 g/mol. The van der Waals surface area contributed by atoms with Crippen molar-refractivity contribution in [1.82, 2.24) is 5.32 Å². The van der Waals surface area contributed by atoms with Crippen molar-refractivity contribution in [1.29, 1.82) is 0 Å². The van der Waals surface area contributed by atoms with E-state index in [2.05, 4.69) is 5.32 Å². The molecule has 0 fully saturated rings. The molecule has 8 heteroatoms. The van der Waals surface area contributed by atoms with E-state index in [1.165, 1.54) is 6.92 Å². The van der Waals surface area contributed by atoms with Crippen LogP contribution in [0.25, 0.3) is 0 Å². The highest BCUT2D eigenvalue weighted by Gasteiger charge is 2.30. The van der Waals surface area contributed by atoms with Gasteiger partial charge in [0.25, 0.3) is 5.91 Å². The normalized spacial score (nSPS) is 12.3. The largest absolute Gasteiger partial charge is 0.396 e. The van der Waals surface area contributed by atoms with E-state index in [1.54, 1.807) is 0 Å². The van der Waals surface area contributed by atoms with Gasteiger partial charge in [-0.05, 0) is 19.8 Å². The van der Waals surface area contributed by atoms with Gasteiger partial charge in [0.1, 0.15) is 5.56 Å². The molecule has 112 valence electrons. The Morgan fingerprint density at radius 3 is 1.95 bits per heavy atom. The number of rotatable bonds is 5. The fourth-order valence-corrected chi connectivity index (χ4v) is 1.57. The lowest BCUT2D eigenvalue weighted by Crippen LogP contribution is -2.34. The fraction of sp³-hybridized carbons (Fsp3) is 0.417. The number of hydrogen-bond donors (Lipinski definition) is 2. The number of aliphatic hydroxyl groups excluding tert-OH is 1. The minimum absolute atomic E-state index is 0.150. The van der Waals surface area contributed by atoms with Crippen molar-refractivity contribution in [2.75, 3.05) is 6.61 Å². The molecular formula is C12H12F5NO2. The Balaban J connectivity index is 3.05. The maximum Gasteiger partial charge on any atom is 0.257 e. The van der Waals surface area contributed by atoms with E-state index in [-0.39, 0.29) is 13.0 Å². The van der Waals surface area contributed by atoms with Crippen molar-refractivity contribution >= 4 is 5.91 Å². The lowest BCUT2D eigenvalue weighted by atomic mass is 10.1. The first kappa shape index (κ1) is 16.4. The third-order valence-corrected chi connectivity index (χ3v) is 2.61. The predicted molar refractivity (Wildman–Crippen MR) is 59.5 cm³/mol. The van der Waals surface area contributed by atoms with Crippen LogP contribution < -0.4 is 5.32 Å². The van der Waals surface area contributed by atoms with Crippen LogP contribution in [0.1, 0.15) is 30.1 Å². The standard InChI is InChI=1S/C12H12F5NO2/c1-5(3-2-4-19)18-12(20)6-7(13)9(15)11(17)10(16)8(6)14/h5,19H,2-4H2,1H3,(H,18,20). The summed E-state index contributed by atoms with van der Waals surface area (Å²) >= 11 is 0. The van der Waals surface area contributed by atoms with Gasteiger partial charge in [-0.3, -0.25) is 4.79 Å². The van der Waals surface area contributed by atoms with Crippen molar-refractivity contribution in [2.45, 2.75) is 25.8 Å². The lowest BCUT2D eigenvalue weighted by Gasteiger charge is -2.14. The van der Waals surface area contributed by atoms with E-state index in [0.29, 0.717) is 6.42 Å². The number of aliphatic hydroxyl groups is 1. The first-order chi connectivity index (χ1) is 9.31. The van der Waals surface area contributed by atoms with Crippen molar-refractivity contribution in [2.24, 2.45) is 0 Å². The maximum absolute atomic E-state index is 13.3. The smallest absolute Gasteiger partial charge is 0.257 e. The zero-order valence-electron chi connectivity index (χ0n) is 10.4. The molecule has 0 saturated carbocycles. The van der Waals surface area contributed by atoms with Crippen LogP contribution in [0, 0.1) is 29.1 Å². The Hall–Kier alpha value is -1.70. The van der Waals surface area contributed by atoms with Gasteiger partial charge in [-0.1, -0.05) is 0 Å². The average Bonchev–Trinajstić information content (AvgIpc) is 2.40. The third-order valence-electron chi connectivity index (χ3n) is 2.61. The molecule has 2 N–H and O–H groups in total. The lowest BCUT2D eigenvalue weighted by molar-refractivity contribution is 0.0924. The molecule has 1 unspecified atom stereocenters. The molecule has 0 aromatic heterocycles. The SMILES string of the molecule is CC(CCCO)NC(=O)c1c(F)c(F)c(F)c(F)c1F. The zero-order valence-corrected chi connectivity index (χ0v) is 10.4. The molecule has 0 aliphatic heterocycles. The first-order valence-electron chi connectivity index (χ1n) is 5.74. The summed E-state index contributed by atoms with van der Waals surface area (Å²) in [5.41, 5.74) is -1.52. The van der Waals surface area contributed by atoms with Crippen LogP contribution in [-0.2, 0) is 0 Å². The van der Waals surface area contributed by atoms with Crippen molar-refractivity contribution in [3.8, 4) is 0 Å². The highest BCUT2D eigenvalue weighted by atomic mass is 19.2. The highest BCUT2D eigenvalue weighted by molar-refractivity contribution is 5.95. The average molecular weight is 297 g/mol. The van der Waals surface area contributed by atoms with E-state index < -0.39 is 46.6 Å². The number of benzene rings is 1. The van der Waals surface area contributed by atoms with Gasteiger partial charge in [-0.15, -0.1) is 0 Å². The number of halogens is 5. The fourth-order valence-electron chi connectivity index (χ4n) is 1.57. The number of nitrogens with one attached hydrogen (secondary N) is 1. The zero-order chi connectivity index (χ0) is 15.4. The molecule has 3 nitrogen and oxygen atoms in total. The quantitative estimate of drug-likeness (QED) is 0.497. The molecule has 0 aliphatic rings. The molecule has 0 aliphatic carbocycles. The topological polar surface area (TPSA) is 49.3 Å². The van der Waals surface area contributed by atoms with Gasteiger partial charge in [-0.2, -0.15) is 0 Å². The number of carbonyl (C=O) groups excluding carboxylic acids is 1. The van der Waals surface area contributed by atoms with Gasteiger partial charge in [0, 0.05) is 12.6 Å². The van der Waals surface area contributed by atoms with E-state index in [4.69, 9.17) is 5.11 Å². The van der Waals surface area contributed by atoms with Crippen molar-refractivity contribution in [3.63, 3.8) is 0 Å². The van der Waals surface area contributed by atoms with Gasteiger partial charge in [-0.25, -0.2) is 22.0 Å². The number of hydrogen-bond acceptors (Lipinski definition) is 2. The molecule has 1 rings (SSSR count). The number of carbonyl (C=O) groups is 1. The molecule has 0 spiro atoms. The van der Waals surface area contributed by atoms with Gasteiger partial charge in [0.05, 0.1) is 0 Å². The van der Waals surface area contributed by atoms with E-state index >= 15 is 0 Å². The predicted octanol–water partition coefficient (Wildman–Crippen LogP) is 2.27. The molecule has 0 heterocycles. The maximum atomic E-state index is 13.3. The van der Waals surface area contributed by atoms with Gasteiger partial charge >= 0.3 is 0 Å². The van der Waals surface area contributed by atoms with Crippen LogP contribution in [0.2, 0.25) is 0 Å². The summed E-state index contributed by atoms with van der Waals surface area (Å²) in [7, 11) is 0. The molecule has 1 amide bonds. The third kappa shape index (κ3) is 3.24. The Labute approximate surface area is 111 Å². The molecule has 1 aromatic carbocycles. The molecule has 0 bridgehead atoms. The molecule has 20 heavy (non-hydrogen) atoms. The molecule has 0 saturated heterocycles. The van der Waals surface area contributed by atoms with Crippen molar-refractivity contribution in [3.05, 3.63) is 34.6 Å². The van der Waals surface area contributed by atoms with Crippen molar-refractivity contribution < 1.29 is 31.9 Å². The minimum atomic E-state index is -2.31. The first-order valence-corrected chi connectivity index (χ1v) is 5.74. The van der Waals surface area contributed by atoms with Crippen LogP contribution in [-0.4, -0.2) is 23.7 Å². The van der Waals surface area contributed by atoms with Crippen LogP contribution in [0.15, 0.2) is 0 Å². The summed E-state index contributed by atoms with van der Waals surface area (Å²) in [6, 6.07) is -0.593. The summed E-state index contributed by atoms with van der Waals surface area (Å²) in [5.74, 6) is -12.4. The highest BCUT2D eigenvalue weighted by Crippen LogP contribution is 2.23. The molecule has 1 aromatic rings. The van der Waals surface area contributed by atoms with Gasteiger partial charge in [0.15, 0.2) is 23.3 Å². The second kappa shape index (κ2) is 6.65. The molecule has 1 atom stereocenters. The Morgan fingerprint density at radius 1 is 1.05 bits per heavy atom. The van der Waals surface area contributed by atoms with E-state index in [9.17, 15) is 26.7 Å². The summed E-state index contributed by atoms with van der Waals surface area (Å²) in [4.78, 5) is 11.6. The van der Waals surface area contributed by atoms with Gasteiger partial charge < -0.3 is 10.4 Å². The van der Waals surface area contributed by atoms with E-state index in [0.717, 1.165) is 0 Å². The second-order valence-corrected chi connectivity index (χ2v) is 4.19.